The first-order chi connectivity index (χ1) is 12.9. The lowest BCUT2D eigenvalue weighted by atomic mass is 9.89. The molecule has 9 nitrogen and oxygen atoms in total. The van der Waals surface area contributed by atoms with E-state index in [0.717, 1.165) is 13.8 Å². The second kappa shape index (κ2) is 10.2. The molecule has 28 heavy (non-hydrogen) atoms. The third kappa shape index (κ3) is 7.02. The molecule has 0 saturated carbocycles. The van der Waals surface area contributed by atoms with E-state index in [2.05, 4.69) is 5.92 Å². The van der Waals surface area contributed by atoms with Crippen molar-refractivity contribution in [1.29, 1.82) is 5.41 Å². The Morgan fingerprint density at radius 1 is 1.04 bits per heavy atom. The summed E-state index contributed by atoms with van der Waals surface area (Å²) < 4.78 is 23.8. The maximum absolute atomic E-state index is 11.6. The molecule has 0 radical (unpaired) electrons. The second-order valence-corrected chi connectivity index (χ2v) is 7.91. The number of carbonyl (C=O) groups is 3. The first kappa shape index (κ1) is 24.3. The summed E-state index contributed by atoms with van der Waals surface area (Å²) >= 11 is 16.8. The molecule has 0 aliphatic carbocycles. The van der Waals surface area contributed by atoms with Crippen molar-refractivity contribution >= 4 is 58.6 Å². The van der Waals surface area contributed by atoms with Crippen molar-refractivity contribution in [3.05, 3.63) is 0 Å². The molecule has 0 bridgehead atoms. The van der Waals surface area contributed by atoms with Gasteiger partial charge in [0.15, 0.2) is 6.10 Å². The summed E-state index contributed by atoms with van der Waals surface area (Å²) in [4.78, 5) is 34.2. The third-order valence-corrected chi connectivity index (χ3v) is 3.91. The normalized spacial score (nSPS) is 27.1. The molecule has 0 spiro atoms. The van der Waals surface area contributed by atoms with Crippen molar-refractivity contribution < 1.29 is 38.1 Å². The molecule has 0 unspecified atom stereocenters. The molecular formula is C16H18Cl3NO8. The molecule has 1 heterocycles. The van der Waals surface area contributed by atoms with Gasteiger partial charge in [-0.25, -0.2) is 0 Å². The lowest BCUT2D eigenvalue weighted by Gasteiger charge is -2.43. The van der Waals surface area contributed by atoms with E-state index < -0.39 is 58.1 Å². The second-order valence-electron chi connectivity index (χ2n) is 5.63. The van der Waals surface area contributed by atoms with Crippen LogP contribution in [0.3, 0.4) is 0 Å². The molecule has 5 atom stereocenters. The van der Waals surface area contributed by atoms with Crippen LogP contribution in [0.15, 0.2) is 0 Å². The lowest BCUT2D eigenvalue weighted by Crippen LogP contribution is -2.59. The average Bonchev–Trinajstić information content (AvgIpc) is 2.54. The molecular weight excluding hydrogens is 441 g/mol. The van der Waals surface area contributed by atoms with E-state index in [-0.39, 0.29) is 6.61 Å². The molecule has 156 valence electrons. The molecule has 1 rings (SSSR count). The van der Waals surface area contributed by atoms with Crippen molar-refractivity contribution in [1.82, 2.24) is 0 Å². The van der Waals surface area contributed by atoms with E-state index in [9.17, 15) is 14.4 Å². The Bertz CT molecular complexity index is 672. The van der Waals surface area contributed by atoms with E-state index in [0.29, 0.717) is 0 Å². The molecule has 12 heteroatoms. The van der Waals surface area contributed by atoms with Crippen LogP contribution >= 0.6 is 34.8 Å². The topological polar surface area (TPSA) is 121 Å². The van der Waals surface area contributed by atoms with E-state index in [1.807, 2.05) is 0 Å². The average molecular weight is 459 g/mol. The van der Waals surface area contributed by atoms with Crippen LogP contribution < -0.4 is 0 Å². The van der Waals surface area contributed by atoms with Crippen molar-refractivity contribution in [2.75, 3.05) is 6.61 Å². The van der Waals surface area contributed by atoms with E-state index >= 15 is 0 Å². The highest BCUT2D eigenvalue weighted by atomic mass is 35.6. The highest BCUT2D eigenvalue weighted by Crippen LogP contribution is 2.34. The Labute approximate surface area is 176 Å². The monoisotopic (exact) mass is 457 g/mol. The van der Waals surface area contributed by atoms with Gasteiger partial charge in [0.25, 0.3) is 3.79 Å². The molecule has 1 N–H and O–H groups in total. The van der Waals surface area contributed by atoms with Gasteiger partial charge in [0.1, 0.15) is 12.7 Å². The van der Waals surface area contributed by atoms with Gasteiger partial charge in [0, 0.05) is 20.8 Å². The standard InChI is InChI=1S/C16H18Cl3NO8/c1-5-10-11(6-24-7(2)21)27-14(28-15(20)16(17,18)19)13(26-9(4)23)12(10)25-8(3)22/h1,10-14,20H,6H2,2-4H3/t10-,11-,12+,13-,14-/m1/s1. The minimum absolute atomic E-state index is 0.324. The number of rotatable bonds is 5. The minimum Gasteiger partial charge on any atom is -0.463 e. The Morgan fingerprint density at radius 3 is 2.00 bits per heavy atom. The number of hydrogen-bond acceptors (Lipinski definition) is 9. The summed E-state index contributed by atoms with van der Waals surface area (Å²) in [5, 5.41) is 7.72. The number of nitrogens with one attached hydrogen (secondary N) is 1. The van der Waals surface area contributed by atoms with Gasteiger partial charge in [-0.3, -0.25) is 19.8 Å². The van der Waals surface area contributed by atoms with Gasteiger partial charge in [-0.05, 0) is 0 Å². The van der Waals surface area contributed by atoms with Crippen molar-refractivity contribution in [2.24, 2.45) is 5.92 Å². The Kier molecular flexibility index (Phi) is 8.82. The fraction of sp³-hybridized carbons (Fsp3) is 0.625. The van der Waals surface area contributed by atoms with Gasteiger partial charge in [0.05, 0.1) is 5.92 Å². The third-order valence-electron chi connectivity index (χ3n) is 3.39. The summed E-state index contributed by atoms with van der Waals surface area (Å²) in [5.41, 5.74) is 0. The van der Waals surface area contributed by atoms with Gasteiger partial charge >= 0.3 is 17.9 Å². The largest absolute Gasteiger partial charge is 0.463 e. The molecule has 0 aromatic heterocycles. The van der Waals surface area contributed by atoms with E-state index in [4.69, 9.17) is 70.3 Å². The van der Waals surface area contributed by atoms with Crippen LogP contribution in [0.5, 0.6) is 0 Å². The van der Waals surface area contributed by atoms with E-state index in [1.54, 1.807) is 0 Å². The molecule has 0 amide bonds. The zero-order chi connectivity index (χ0) is 21.6. The number of ether oxygens (including phenoxy) is 5. The Hall–Kier alpha value is -1.73. The van der Waals surface area contributed by atoms with Crippen LogP contribution in [0.1, 0.15) is 20.8 Å². The zero-order valence-electron chi connectivity index (χ0n) is 15.1. The van der Waals surface area contributed by atoms with E-state index in [1.165, 1.54) is 6.92 Å². The number of terminal acetylenes is 1. The predicted molar refractivity (Wildman–Crippen MR) is 97.8 cm³/mol. The van der Waals surface area contributed by atoms with Crippen LogP contribution in [0.2, 0.25) is 0 Å². The summed E-state index contributed by atoms with van der Waals surface area (Å²) in [6, 6.07) is 0. The summed E-state index contributed by atoms with van der Waals surface area (Å²) in [7, 11) is 0. The van der Waals surface area contributed by atoms with Crippen molar-refractivity contribution in [3.8, 4) is 12.3 Å². The zero-order valence-corrected chi connectivity index (χ0v) is 17.3. The number of esters is 3. The first-order valence-electron chi connectivity index (χ1n) is 7.78. The van der Waals surface area contributed by atoms with Crippen LogP contribution in [0.4, 0.5) is 0 Å². The molecule has 0 aromatic rings. The summed E-state index contributed by atoms with van der Waals surface area (Å²) in [6.45, 7) is 3.06. The van der Waals surface area contributed by atoms with Crippen LogP contribution in [-0.2, 0) is 38.1 Å². The van der Waals surface area contributed by atoms with Gasteiger partial charge < -0.3 is 23.7 Å². The quantitative estimate of drug-likeness (QED) is 0.165. The molecule has 1 fully saturated rings. The molecule has 1 aliphatic rings. The predicted octanol–water partition coefficient (Wildman–Crippen LogP) is 1.75. The van der Waals surface area contributed by atoms with Crippen LogP contribution in [0.25, 0.3) is 0 Å². The molecule has 1 aliphatic heterocycles. The highest BCUT2D eigenvalue weighted by molar-refractivity contribution is 6.76. The van der Waals surface area contributed by atoms with Gasteiger partial charge in [-0.15, -0.1) is 6.42 Å². The fourth-order valence-electron chi connectivity index (χ4n) is 2.37. The first-order valence-corrected chi connectivity index (χ1v) is 8.92. The van der Waals surface area contributed by atoms with Gasteiger partial charge in [-0.2, -0.15) is 0 Å². The Balaban J connectivity index is 3.28. The van der Waals surface area contributed by atoms with Crippen molar-refractivity contribution in [2.45, 2.75) is 49.2 Å². The summed E-state index contributed by atoms with van der Waals surface area (Å²) in [6.07, 6.45) is 0.330. The number of carbonyl (C=O) groups excluding carboxylic acids is 3. The maximum Gasteiger partial charge on any atom is 0.303 e. The Morgan fingerprint density at radius 2 is 1.57 bits per heavy atom. The highest BCUT2D eigenvalue weighted by Gasteiger charge is 2.52. The van der Waals surface area contributed by atoms with Crippen LogP contribution in [0, 0.1) is 23.7 Å². The smallest absolute Gasteiger partial charge is 0.303 e. The van der Waals surface area contributed by atoms with Gasteiger partial charge in [0.2, 0.25) is 18.3 Å². The summed E-state index contributed by atoms with van der Waals surface area (Å²) in [5.74, 6) is -1.56. The molecule has 1 saturated heterocycles. The van der Waals surface area contributed by atoms with Crippen LogP contribution in [-0.4, -0.2) is 58.8 Å². The van der Waals surface area contributed by atoms with Gasteiger partial charge in [-0.1, -0.05) is 40.7 Å². The number of halogens is 3. The molecule has 0 aromatic carbocycles. The van der Waals surface area contributed by atoms with Crippen molar-refractivity contribution in [3.63, 3.8) is 0 Å². The fourth-order valence-corrected chi connectivity index (χ4v) is 2.51. The maximum atomic E-state index is 11.6. The minimum atomic E-state index is -2.24. The number of hydrogen-bond donors (Lipinski definition) is 1. The SMILES string of the molecule is C#C[C@H]1[C@H](OC(C)=O)[C@@H](OC(C)=O)[C@@H](OC(=N)C(Cl)(Cl)Cl)O[C@@H]1COC(C)=O. The number of alkyl halides is 3. The lowest BCUT2D eigenvalue weighted by molar-refractivity contribution is -0.270.